The number of imide groups is 1. The molecule has 0 aliphatic carbocycles. The molecule has 0 unspecified atom stereocenters. The molecule has 5 heteroatoms. The van der Waals surface area contributed by atoms with E-state index < -0.39 is 0 Å². The molecule has 26 heavy (non-hydrogen) atoms. The molecule has 4 nitrogen and oxygen atoms in total. The molecule has 0 radical (unpaired) electrons. The Kier molecular flexibility index (Phi) is 4.22. The molecule has 4 rings (SSSR count). The molecule has 0 saturated carbocycles. The van der Waals surface area contributed by atoms with Crippen molar-refractivity contribution in [2.45, 2.75) is 6.92 Å². The first-order chi connectivity index (χ1) is 12.6. The molecule has 2 amide bonds. The second kappa shape index (κ2) is 6.69. The molecule has 128 valence electrons. The van der Waals surface area contributed by atoms with Gasteiger partial charge in [0.1, 0.15) is 11.5 Å². The van der Waals surface area contributed by atoms with E-state index in [1.54, 1.807) is 24.3 Å². The smallest absolute Gasteiger partial charge is 0.298 e. The Bertz CT molecular complexity index is 1000. The van der Waals surface area contributed by atoms with Gasteiger partial charge in [-0.15, -0.1) is 0 Å². The van der Waals surface area contributed by atoms with E-state index in [1.807, 2.05) is 55.5 Å². The Hall–Kier alpha value is -3.05. The predicted octanol–water partition coefficient (Wildman–Crippen LogP) is 5.50. The molecule has 3 aromatic rings. The van der Waals surface area contributed by atoms with E-state index in [2.05, 4.69) is 0 Å². The van der Waals surface area contributed by atoms with E-state index in [0.29, 0.717) is 16.4 Å². The van der Waals surface area contributed by atoms with Crippen LogP contribution in [-0.2, 0) is 4.79 Å². The molecule has 0 N–H and O–H groups in total. The fourth-order valence-electron chi connectivity index (χ4n) is 2.70. The highest BCUT2D eigenvalue weighted by atomic mass is 32.2. The summed E-state index contributed by atoms with van der Waals surface area (Å²) in [6.07, 6.45) is 1.62. The van der Waals surface area contributed by atoms with E-state index in [-0.39, 0.29) is 11.1 Å². The van der Waals surface area contributed by atoms with Crippen molar-refractivity contribution in [2.75, 3.05) is 4.90 Å². The first kappa shape index (κ1) is 16.4. The van der Waals surface area contributed by atoms with Crippen molar-refractivity contribution < 1.29 is 14.0 Å². The van der Waals surface area contributed by atoms with Gasteiger partial charge in [0.2, 0.25) is 0 Å². The largest absolute Gasteiger partial charge is 0.457 e. The number of nitrogens with zero attached hydrogens (tertiary/aromatic N) is 1. The fourth-order valence-corrected chi connectivity index (χ4v) is 3.52. The maximum Gasteiger partial charge on any atom is 0.298 e. The fraction of sp³-hybridized carbons (Fsp3) is 0.0476. The average molecular weight is 361 g/mol. The predicted molar refractivity (Wildman–Crippen MR) is 104 cm³/mol. The second-order valence-corrected chi connectivity index (χ2v) is 6.91. The number of aryl methyl sites for hydroxylation is 1. The molecule has 1 saturated heterocycles. The number of hydrogen-bond acceptors (Lipinski definition) is 4. The SMILES string of the molecule is Cc1ccc(N2C(=O)S/C(=C\c3ccc(-c4ccccc4)o3)C2=O)cc1. The third-order valence-electron chi connectivity index (χ3n) is 4.04. The van der Waals surface area contributed by atoms with Gasteiger partial charge in [0, 0.05) is 11.6 Å². The zero-order chi connectivity index (χ0) is 18.1. The molecule has 0 spiro atoms. The van der Waals surface area contributed by atoms with Crippen LogP contribution in [0.5, 0.6) is 0 Å². The average Bonchev–Trinajstić information content (AvgIpc) is 3.22. The summed E-state index contributed by atoms with van der Waals surface area (Å²) in [5, 5.41) is -0.306. The molecule has 1 aliphatic rings. The Balaban J connectivity index is 1.61. The van der Waals surface area contributed by atoms with Gasteiger partial charge in [-0.25, -0.2) is 4.90 Å². The molecule has 1 fully saturated rings. The van der Waals surface area contributed by atoms with Gasteiger partial charge in [0.25, 0.3) is 11.1 Å². The number of anilines is 1. The van der Waals surface area contributed by atoms with Gasteiger partial charge < -0.3 is 4.42 Å². The Labute approximate surface area is 155 Å². The summed E-state index contributed by atoms with van der Waals surface area (Å²) < 4.78 is 5.80. The lowest BCUT2D eigenvalue weighted by Gasteiger charge is -2.12. The molecule has 0 bridgehead atoms. The van der Waals surface area contributed by atoms with Crippen LogP contribution in [0.25, 0.3) is 17.4 Å². The summed E-state index contributed by atoms with van der Waals surface area (Å²) in [6, 6.07) is 20.7. The van der Waals surface area contributed by atoms with Crippen molar-refractivity contribution in [3.63, 3.8) is 0 Å². The molecule has 2 heterocycles. The van der Waals surface area contributed by atoms with Gasteiger partial charge in [-0.3, -0.25) is 9.59 Å². The molecule has 1 aliphatic heterocycles. The van der Waals surface area contributed by atoms with Crippen LogP contribution in [0.15, 0.2) is 76.1 Å². The Morgan fingerprint density at radius 3 is 2.38 bits per heavy atom. The highest BCUT2D eigenvalue weighted by Gasteiger charge is 2.36. The lowest BCUT2D eigenvalue weighted by molar-refractivity contribution is -0.113. The summed E-state index contributed by atoms with van der Waals surface area (Å²) >= 11 is 0.919. The zero-order valence-corrected chi connectivity index (χ0v) is 14.8. The van der Waals surface area contributed by atoms with Gasteiger partial charge in [0.05, 0.1) is 10.6 Å². The minimum atomic E-state index is -0.332. The van der Waals surface area contributed by atoms with Crippen LogP contribution in [0.1, 0.15) is 11.3 Å². The van der Waals surface area contributed by atoms with Crippen molar-refractivity contribution >= 4 is 34.7 Å². The number of thioether (sulfide) groups is 1. The number of benzene rings is 2. The molecule has 1 aromatic heterocycles. The van der Waals surface area contributed by atoms with Crippen LogP contribution in [0.4, 0.5) is 10.5 Å². The molecule has 2 aromatic carbocycles. The number of amides is 2. The summed E-state index contributed by atoms with van der Waals surface area (Å²) in [5.41, 5.74) is 2.60. The van der Waals surface area contributed by atoms with Crippen LogP contribution < -0.4 is 4.90 Å². The first-order valence-electron chi connectivity index (χ1n) is 8.12. The summed E-state index contributed by atoms with van der Waals surface area (Å²) in [5.74, 6) is 0.925. The van der Waals surface area contributed by atoms with Gasteiger partial charge in [-0.05, 0) is 43.0 Å². The maximum atomic E-state index is 12.7. The van der Waals surface area contributed by atoms with E-state index in [9.17, 15) is 9.59 Å². The van der Waals surface area contributed by atoms with Crippen LogP contribution in [0.2, 0.25) is 0 Å². The number of furan rings is 1. The number of carbonyl (C=O) groups excluding carboxylic acids is 2. The Morgan fingerprint density at radius 1 is 0.923 bits per heavy atom. The summed E-state index contributed by atoms with van der Waals surface area (Å²) in [7, 11) is 0. The van der Waals surface area contributed by atoms with Crippen molar-refractivity contribution in [1.29, 1.82) is 0 Å². The van der Waals surface area contributed by atoms with Crippen molar-refractivity contribution in [3.8, 4) is 11.3 Å². The van der Waals surface area contributed by atoms with E-state index >= 15 is 0 Å². The molecular weight excluding hydrogens is 346 g/mol. The second-order valence-electron chi connectivity index (χ2n) is 5.92. The third-order valence-corrected chi connectivity index (χ3v) is 4.91. The van der Waals surface area contributed by atoms with Crippen molar-refractivity contribution in [1.82, 2.24) is 0 Å². The van der Waals surface area contributed by atoms with Crippen molar-refractivity contribution in [3.05, 3.63) is 83.0 Å². The standard InChI is InChI=1S/C21H15NO3S/c1-14-7-9-16(10-8-14)22-20(23)19(26-21(22)24)13-17-11-12-18(25-17)15-5-3-2-4-6-15/h2-13H,1H3/b19-13-. The van der Waals surface area contributed by atoms with Crippen molar-refractivity contribution in [2.24, 2.45) is 0 Å². The van der Waals surface area contributed by atoms with Gasteiger partial charge in [0.15, 0.2) is 0 Å². The number of carbonyl (C=O) groups is 2. The summed E-state index contributed by atoms with van der Waals surface area (Å²) in [4.78, 5) is 26.5. The van der Waals surface area contributed by atoms with Gasteiger partial charge in [-0.2, -0.15) is 0 Å². The number of rotatable bonds is 3. The maximum absolute atomic E-state index is 12.7. The first-order valence-corrected chi connectivity index (χ1v) is 8.93. The van der Waals surface area contributed by atoms with E-state index in [1.165, 1.54) is 4.90 Å². The van der Waals surface area contributed by atoms with Crippen LogP contribution in [-0.4, -0.2) is 11.1 Å². The highest BCUT2D eigenvalue weighted by molar-refractivity contribution is 8.19. The van der Waals surface area contributed by atoms with Gasteiger partial charge >= 0.3 is 0 Å². The van der Waals surface area contributed by atoms with E-state index in [4.69, 9.17) is 4.42 Å². The normalized spacial score (nSPS) is 15.9. The third kappa shape index (κ3) is 3.09. The summed E-state index contributed by atoms with van der Waals surface area (Å²) in [6.45, 7) is 1.96. The molecule has 0 atom stereocenters. The molecular formula is C21H15NO3S. The zero-order valence-electron chi connectivity index (χ0n) is 14.0. The lowest BCUT2D eigenvalue weighted by atomic mass is 10.2. The van der Waals surface area contributed by atoms with Crippen LogP contribution in [0, 0.1) is 6.92 Å². The quantitative estimate of drug-likeness (QED) is 0.578. The minimum Gasteiger partial charge on any atom is -0.457 e. The van der Waals surface area contributed by atoms with Gasteiger partial charge in [-0.1, -0.05) is 48.0 Å². The van der Waals surface area contributed by atoms with Crippen LogP contribution in [0.3, 0.4) is 0 Å². The topological polar surface area (TPSA) is 50.5 Å². The number of hydrogen-bond donors (Lipinski definition) is 0. The monoisotopic (exact) mass is 361 g/mol. The lowest BCUT2D eigenvalue weighted by Crippen LogP contribution is -2.27. The highest BCUT2D eigenvalue weighted by Crippen LogP contribution is 2.36. The minimum absolute atomic E-state index is 0.306. The van der Waals surface area contributed by atoms with E-state index in [0.717, 1.165) is 28.6 Å². The van der Waals surface area contributed by atoms with Crippen LogP contribution >= 0.6 is 11.8 Å². The Morgan fingerprint density at radius 2 is 1.65 bits per heavy atom.